The molecule has 1 fully saturated rings. The lowest BCUT2D eigenvalue weighted by Gasteiger charge is -2.26. The van der Waals surface area contributed by atoms with E-state index in [2.05, 4.69) is 27.8 Å². The highest BCUT2D eigenvalue weighted by Crippen LogP contribution is 2.38. The molecule has 0 bridgehead atoms. The lowest BCUT2D eigenvalue weighted by atomic mass is 10.2. The number of morpholine rings is 1. The number of methoxy groups -OCH3 is 2. The smallest absolute Gasteiger partial charge is 0.176 e. The molecule has 0 unspecified atom stereocenters. The number of anilines is 1. The van der Waals surface area contributed by atoms with Gasteiger partial charge in [0.25, 0.3) is 0 Å². The fraction of sp³-hybridized carbons (Fsp3) is 0.389. The van der Waals surface area contributed by atoms with Gasteiger partial charge in [-0.2, -0.15) is 5.10 Å². The van der Waals surface area contributed by atoms with Gasteiger partial charge in [-0.15, -0.1) is 0 Å². The number of thiophene rings is 1. The van der Waals surface area contributed by atoms with Gasteiger partial charge in [0, 0.05) is 19.2 Å². The van der Waals surface area contributed by atoms with Crippen molar-refractivity contribution in [2.45, 2.75) is 6.54 Å². The van der Waals surface area contributed by atoms with Gasteiger partial charge in [0.1, 0.15) is 10.4 Å². The fourth-order valence-corrected chi connectivity index (χ4v) is 4.02. The zero-order valence-electron chi connectivity index (χ0n) is 14.4. The molecule has 1 saturated heterocycles. The molecule has 0 amide bonds. The topological polar surface area (TPSA) is 48.8 Å². The Morgan fingerprint density at radius 1 is 1.12 bits per heavy atom. The summed E-state index contributed by atoms with van der Waals surface area (Å²) in [4.78, 5) is 2.30. The molecule has 7 heteroatoms. The second kappa shape index (κ2) is 6.93. The van der Waals surface area contributed by atoms with E-state index in [0.29, 0.717) is 6.54 Å². The van der Waals surface area contributed by atoms with E-state index in [9.17, 15) is 0 Å². The lowest BCUT2D eigenvalue weighted by Crippen LogP contribution is -2.36. The molecule has 3 aromatic rings. The summed E-state index contributed by atoms with van der Waals surface area (Å²) in [6.45, 7) is 3.94. The summed E-state index contributed by atoms with van der Waals surface area (Å²) in [7, 11) is 3.39. The summed E-state index contributed by atoms with van der Waals surface area (Å²) in [5, 5.41) is 5.80. The van der Waals surface area contributed by atoms with E-state index >= 15 is 0 Å². The van der Waals surface area contributed by atoms with Gasteiger partial charge in [-0.25, -0.2) is 0 Å². The van der Waals surface area contributed by atoms with Crippen molar-refractivity contribution in [3.8, 4) is 10.8 Å². The first kappa shape index (κ1) is 16.2. The summed E-state index contributed by atoms with van der Waals surface area (Å²) in [6.07, 6.45) is 0. The Morgan fingerprint density at radius 2 is 1.88 bits per heavy atom. The average Bonchev–Trinajstić information content (AvgIpc) is 3.23. The second-order valence-corrected chi connectivity index (χ2v) is 6.93. The van der Waals surface area contributed by atoms with Crippen LogP contribution in [0.2, 0.25) is 0 Å². The fourth-order valence-electron chi connectivity index (χ4n) is 3.03. The quantitative estimate of drug-likeness (QED) is 0.701. The van der Waals surface area contributed by atoms with Gasteiger partial charge in [-0.1, -0.05) is 23.5 Å². The normalized spacial score (nSPS) is 14.9. The van der Waals surface area contributed by atoms with Gasteiger partial charge in [-0.3, -0.25) is 4.68 Å². The van der Waals surface area contributed by atoms with Crippen LogP contribution < -0.4 is 14.4 Å². The van der Waals surface area contributed by atoms with Gasteiger partial charge in [0.2, 0.25) is 0 Å². The first-order valence-corrected chi connectivity index (χ1v) is 9.10. The third-order valence-electron chi connectivity index (χ3n) is 4.39. The molecule has 0 atom stereocenters. The Morgan fingerprint density at radius 3 is 2.56 bits per heavy atom. The highest BCUT2D eigenvalue weighted by molar-refractivity contribution is 7.21. The van der Waals surface area contributed by atoms with Crippen LogP contribution in [0.1, 0.15) is 5.56 Å². The molecule has 0 radical (unpaired) electrons. The molecule has 0 N–H and O–H groups in total. The molecule has 2 aromatic heterocycles. The Labute approximate surface area is 150 Å². The maximum absolute atomic E-state index is 5.47. The van der Waals surface area contributed by atoms with Crippen LogP contribution in [0.15, 0.2) is 30.3 Å². The molecule has 0 aliphatic carbocycles. The van der Waals surface area contributed by atoms with Crippen molar-refractivity contribution < 1.29 is 14.2 Å². The minimum atomic E-state index is 0.713. The van der Waals surface area contributed by atoms with E-state index in [4.69, 9.17) is 19.3 Å². The molecule has 3 heterocycles. The standard InChI is InChI=1S/C18H21N3O3S/c1-22-14-5-3-13(4-6-14)12-21-15-11-16(23-2)25-17(15)18(19-21)20-7-9-24-10-8-20/h3-6,11H,7-10,12H2,1-2H3. The molecule has 1 aliphatic heterocycles. The van der Waals surface area contributed by atoms with E-state index < -0.39 is 0 Å². The van der Waals surface area contributed by atoms with Gasteiger partial charge in [0.15, 0.2) is 10.9 Å². The second-order valence-electron chi connectivity index (χ2n) is 5.91. The zero-order valence-corrected chi connectivity index (χ0v) is 15.2. The van der Waals surface area contributed by atoms with Crippen LogP contribution in [0.4, 0.5) is 5.82 Å². The van der Waals surface area contributed by atoms with E-state index in [0.717, 1.165) is 48.5 Å². The minimum Gasteiger partial charge on any atom is -0.497 e. The number of fused-ring (bicyclic) bond motifs is 1. The van der Waals surface area contributed by atoms with Gasteiger partial charge < -0.3 is 19.1 Å². The third kappa shape index (κ3) is 3.17. The van der Waals surface area contributed by atoms with Crippen LogP contribution in [0, 0.1) is 0 Å². The van der Waals surface area contributed by atoms with Crippen LogP contribution >= 0.6 is 11.3 Å². The highest BCUT2D eigenvalue weighted by Gasteiger charge is 2.21. The Balaban J connectivity index is 1.70. The van der Waals surface area contributed by atoms with Crippen molar-refractivity contribution in [1.82, 2.24) is 9.78 Å². The lowest BCUT2D eigenvalue weighted by molar-refractivity contribution is 0.122. The summed E-state index contributed by atoms with van der Waals surface area (Å²) >= 11 is 1.65. The summed E-state index contributed by atoms with van der Waals surface area (Å²) in [5.74, 6) is 1.89. The predicted molar refractivity (Wildman–Crippen MR) is 99.3 cm³/mol. The molecule has 6 nitrogen and oxygen atoms in total. The SMILES string of the molecule is COc1ccc(Cn2nc(N3CCOCC3)c3sc(OC)cc32)cc1. The molecular formula is C18H21N3O3S. The van der Waals surface area contributed by atoms with Crippen LogP contribution in [-0.4, -0.2) is 50.3 Å². The van der Waals surface area contributed by atoms with Crippen LogP contribution in [-0.2, 0) is 11.3 Å². The van der Waals surface area contributed by atoms with Crippen molar-refractivity contribution >= 4 is 27.4 Å². The van der Waals surface area contributed by atoms with E-state index in [-0.39, 0.29) is 0 Å². The molecule has 1 aliphatic rings. The summed E-state index contributed by atoms with van der Waals surface area (Å²) < 4.78 is 19.4. The van der Waals surface area contributed by atoms with Crippen LogP contribution in [0.3, 0.4) is 0 Å². The first-order valence-electron chi connectivity index (χ1n) is 8.28. The third-order valence-corrected chi connectivity index (χ3v) is 5.47. The number of rotatable bonds is 5. The number of hydrogen-bond acceptors (Lipinski definition) is 6. The van der Waals surface area contributed by atoms with E-state index in [1.807, 2.05) is 12.1 Å². The number of hydrogen-bond donors (Lipinski definition) is 0. The highest BCUT2D eigenvalue weighted by atomic mass is 32.1. The first-order chi connectivity index (χ1) is 12.3. The minimum absolute atomic E-state index is 0.713. The maximum atomic E-state index is 5.47. The van der Waals surface area contributed by atoms with Crippen molar-refractivity contribution in [3.05, 3.63) is 35.9 Å². The van der Waals surface area contributed by atoms with E-state index in [1.165, 1.54) is 10.3 Å². The number of ether oxygens (including phenoxy) is 3. The van der Waals surface area contributed by atoms with Gasteiger partial charge in [0.05, 0.1) is 39.5 Å². The predicted octanol–water partition coefficient (Wildman–Crippen LogP) is 3.00. The number of aromatic nitrogens is 2. The maximum Gasteiger partial charge on any atom is 0.176 e. The van der Waals surface area contributed by atoms with Crippen molar-refractivity contribution in [2.75, 3.05) is 45.4 Å². The molecule has 0 spiro atoms. The molecule has 25 heavy (non-hydrogen) atoms. The number of nitrogens with zero attached hydrogens (tertiary/aromatic N) is 3. The summed E-state index contributed by atoms with van der Waals surface area (Å²) in [5.41, 5.74) is 2.29. The van der Waals surface area contributed by atoms with Gasteiger partial charge in [-0.05, 0) is 17.7 Å². The van der Waals surface area contributed by atoms with Crippen molar-refractivity contribution in [1.29, 1.82) is 0 Å². The monoisotopic (exact) mass is 359 g/mol. The zero-order chi connectivity index (χ0) is 17.2. The molecule has 1 aromatic carbocycles. The summed E-state index contributed by atoms with van der Waals surface area (Å²) in [6, 6.07) is 10.2. The van der Waals surface area contributed by atoms with Crippen LogP contribution in [0.5, 0.6) is 10.8 Å². The Bertz CT molecular complexity index is 850. The number of benzene rings is 1. The average molecular weight is 359 g/mol. The van der Waals surface area contributed by atoms with Gasteiger partial charge >= 0.3 is 0 Å². The van der Waals surface area contributed by atoms with Crippen molar-refractivity contribution in [3.63, 3.8) is 0 Å². The molecule has 0 saturated carbocycles. The molecular weight excluding hydrogens is 338 g/mol. The largest absolute Gasteiger partial charge is 0.497 e. The Hall–Kier alpha value is -2.25. The molecule has 4 rings (SSSR count). The van der Waals surface area contributed by atoms with E-state index in [1.54, 1.807) is 25.6 Å². The van der Waals surface area contributed by atoms with Crippen molar-refractivity contribution in [2.24, 2.45) is 0 Å². The molecule has 132 valence electrons. The Kier molecular flexibility index (Phi) is 4.50. The van der Waals surface area contributed by atoms with Crippen LogP contribution in [0.25, 0.3) is 10.2 Å².